The van der Waals surface area contributed by atoms with Crippen molar-refractivity contribution < 1.29 is 24.1 Å². The number of ether oxygens (including phenoxy) is 4. The van der Waals surface area contributed by atoms with Crippen LogP contribution in [0.1, 0.15) is 24.0 Å². The molecule has 1 fully saturated rings. The molecule has 0 unspecified atom stereocenters. The summed E-state index contributed by atoms with van der Waals surface area (Å²) in [6.07, 6.45) is 2.83. The van der Waals surface area contributed by atoms with Gasteiger partial charge in [-0.3, -0.25) is 4.90 Å². The van der Waals surface area contributed by atoms with Gasteiger partial charge in [0.2, 0.25) is 0 Å². The Morgan fingerprint density at radius 2 is 2.00 bits per heavy atom. The molecule has 25 heavy (non-hydrogen) atoms. The Hall–Kier alpha value is -1.34. The second-order valence-electron chi connectivity index (χ2n) is 6.79. The highest BCUT2D eigenvalue weighted by atomic mass is 16.5. The van der Waals surface area contributed by atoms with Gasteiger partial charge in [0.05, 0.1) is 39.6 Å². The summed E-state index contributed by atoms with van der Waals surface area (Å²) in [5, 5.41) is 10.3. The van der Waals surface area contributed by atoms with E-state index in [4.69, 9.17) is 18.9 Å². The zero-order chi connectivity index (χ0) is 17.6. The van der Waals surface area contributed by atoms with E-state index in [1.54, 1.807) is 14.2 Å². The van der Waals surface area contributed by atoms with Gasteiger partial charge in [-0.25, -0.2) is 0 Å². The van der Waals surface area contributed by atoms with Gasteiger partial charge < -0.3 is 24.1 Å². The number of β-amino-alcohol motifs (C(OH)–C–C–N with tert-alkyl or cyclic N) is 1. The largest absolute Gasteiger partial charge is 0.493 e. The van der Waals surface area contributed by atoms with Crippen molar-refractivity contribution in [2.24, 2.45) is 0 Å². The molecule has 0 amide bonds. The molecular weight excluding hydrogens is 322 g/mol. The molecule has 3 rings (SSSR count). The van der Waals surface area contributed by atoms with Gasteiger partial charge in [0.25, 0.3) is 0 Å². The SMILES string of the molecule is COc1cc2c(cc1OC)CN(C[C@@H](O)COC[C@@H]1CCCO1)CC2. The van der Waals surface area contributed by atoms with E-state index in [0.29, 0.717) is 19.8 Å². The van der Waals surface area contributed by atoms with Gasteiger partial charge in [-0.1, -0.05) is 0 Å². The molecule has 2 aliphatic heterocycles. The lowest BCUT2D eigenvalue weighted by Crippen LogP contribution is -2.38. The van der Waals surface area contributed by atoms with Gasteiger partial charge >= 0.3 is 0 Å². The van der Waals surface area contributed by atoms with Crippen LogP contribution in [0, 0.1) is 0 Å². The third-order valence-electron chi connectivity index (χ3n) is 4.90. The number of rotatable bonds is 8. The van der Waals surface area contributed by atoms with Crippen LogP contribution in [0.2, 0.25) is 0 Å². The van der Waals surface area contributed by atoms with Gasteiger partial charge in [0.15, 0.2) is 11.5 Å². The quantitative estimate of drug-likeness (QED) is 0.768. The summed E-state index contributed by atoms with van der Waals surface area (Å²) in [4.78, 5) is 2.26. The third-order valence-corrected chi connectivity index (χ3v) is 4.90. The summed E-state index contributed by atoms with van der Waals surface area (Å²) in [6, 6.07) is 4.10. The lowest BCUT2D eigenvalue weighted by molar-refractivity contribution is -0.0261. The normalized spacial score (nSPS) is 21.8. The van der Waals surface area contributed by atoms with Crippen LogP contribution in [0.15, 0.2) is 12.1 Å². The molecule has 2 aliphatic rings. The Morgan fingerprint density at radius 1 is 1.24 bits per heavy atom. The van der Waals surface area contributed by atoms with Crippen LogP contribution in [0.5, 0.6) is 11.5 Å². The average Bonchev–Trinajstić information content (AvgIpc) is 3.13. The van der Waals surface area contributed by atoms with Gasteiger partial charge in [0.1, 0.15) is 0 Å². The van der Waals surface area contributed by atoms with Crippen molar-refractivity contribution in [2.75, 3.05) is 47.1 Å². The number of nitrogens with zero attached hydrogens (tertiary/aromatic N) is 1. The lowest BCUT2D eigenvalue weighted by atomic mass is 9.98. The number of hydrogen-bond acceptors (Lipinski definition) is 6. The van der Waals surface area contributed by atoms with Crippen molar-refractivity contribution in [3.63, 3.8) is 0 Å². The molecule has 0 radical (unpaired) electrons. The van der Waals surface area contributed by atoms with E-state index in [9.17, 15) is 5.11 Å². The molecule has 140 valence electrons. The molecule has 0 spiro atoms. The molecule has 1 aromatic rings. The fraction of sp³-hybridized carbons (Fsp3) is 0.684. The Labute approximate surface area is 149 Å². The zero-order valence-corrected chi connectivity index (χ0v) is 15.2. The van der Waals surface area contributed by atoms with Crippen LogP contribution in [0.4, 0.5) is 0 Å². The lowest BCUT2D eigenvalue weighted by Gasteiger charge is -2.31. The van der Waals surface area contributed by atoms with Crippen molar-refractivity contribution in [2.45, 2.75) is 38.0 Å². The molecule has 2 atom stereocenters. The van der Waals surface area contributed by atoms with E-state index in [2.05, 4.69) is 11.0 Å². The Kier molecular flexibility index (Phi) is 6.53. The topological polar surface area (TPSA) is 60.4 Å². The second-order valence-corrected chi connectivity index (χ2v) is 6.79. The summed E-state index contributed by atoms with van der Waals surface area (Å²) in [5.74, 6) is 1.53. The van der Waals surface area contributed by atoms with Crippen LogP contribution in [0.3, 0.4) is 0 Å². The summed E-state index contributed by atoms with van der Waals surface area (Å²) < 4.78 is 21.9. The van der Waals surface area contributed by atoms with Crippen LogP contribution in [0.25, 0.3) is 0 Å². The number of methoxy groups -OCH3 is 2. The fourth-order valence-corrected chi connectivity index (χ4v) is 3.56. The second kappa shape index (κ2) is 8.85. The monoisotopic (exact) mass is 351 g/mol. The first kappa shape index (κ1) is 18.5. The van der Waals surface area contributed by atoms with Crippen LogP contribution >= 0.6 is 0 Å². The molecule has 0 bridgehead atoms. The van der Waals surface area contributed by atoms with Crippen LogP contribution < -0.4 is 9.47 Å². The molecule has 0 aromatic heterocycles. The van der Waals surface area contributed by atoms with Crippen molar-refractivity contribution in [3.05, 3.63) is 23.3 Å². The molecule has 6 nitrogen and oxygen atoms in total. The highest BCUT2D eigenvalue weighted by molar-refractivity contribution is 5.48. The summed E-state index contributed by atoms with van der Waals surface area (Å²) in [5.41, 5.74) is 2.52. The maximum Gasteiger partial charge on any atom is 0.161 e. The predicted octanol–water partition coefficient (Wildman–Crippen LogP) is 1.62. The number of aliphatic hydroxyl groups excluding tert-OH is 1. The third kappa shape index (κ3) is 4.85. The Morgan fingerprint density at radius 3 is 2.68 bits per heavy atom. The molecule has 1 aromatic carbocycles. The first-order chi connectivity index (χ1) is 12.2. The van der Waals surface area contributed by atoms with E-state index in [0.717, 1.165) is 50.5 Å². The van der Waals surface area contributed by atoms with E-state index < -0.39 is 6.10 Å². The van der Waals surface area contributed by atoms with Crippen molar-refractivity contribution in [1.82, 2.24) is 4.90 Å². The van der Waals surface area contributed by atoms with E-state index in [1.165, 1.54) is 11.1 Å². The molecule has 6 heteroatoms. The average molecular weight is 351 g/mol. The summed E-state index contributed by atoms with van der Waals surface area (Å²) in [7, 11) is 3.31. The Bertz CT molecular complexity index is 559. The van der Waals surface area contributed by atoms with Gasteiger partial charge in [-0.2, -0.15) is 0 Å². The number of hydrogen-bond donors (Lipinski definition) is 1. The molecule has 1 saturated heterocycles. The van der Waals surface area contributed by atoms with Gasteiger partial charge in [-0.15, -0.1) is 0 Å². The molecule has 0 aliphatic carbocycles. The number of fused-ring (bicyclic) bond motifs is 1. The van der Waals surface area contributed by atoms with E-state index in [-0.39, 0.29) is 6.10 Å². The maximum atomic E-state index is 10.3. The molecular formula is C19H29NO5. The standard InChI is InChI=1S/C19H29NO5/c1-22-18-8-14-5-6-20(10-15(14)9-19(18)23-2)11-16(21)12-24-13-17-4-3-7-25-17/h8-9,16-17,21H,3-7,10-13H2,1-2H3/t16-,17+/m1/s1. The van der Waals surface area contributed by atoms with Crippen LogP contribution in [-0.4, -0.2) is 69.3 Å². The first-order valence-electron chi connectivity index (χ1n) is 9.03. The summed E-state index contributed by atoms with van der Waals surface area (Å²) in [6.45, 7) is 4.10. The minimum atomic E-state index is -0.483. The van der Waals surface area contributed by atoms with Crippen LogP contribution in [-0.2, 0) is 22.4 Å². The van der Waals surface area contributed by atoms with Crippen molar-refractivity contribution in [3.8, 4) is 11.5 Å². The highest BCUT2D eigenvalue weighted by Gasteiger charge is 2.22. The predicted molar refractivity (Wildman–Crippen MR) is 94.3 cm³/mol. The summed E-state index contributed by atoms with van der Waals surface area (Å²) >= 11 is 0. The molecule has 1 N–H and O–H groups in total. The van der Waals surface area contributed by atoms with Crippen molar-refractivity contribution >= 4 is 0 Å². The van der Waals surface area contributed by atoms with E-state index in [1.807, 2.05) is 6.07 Å². The zero-order valence-electron chi connectivity index (χ0n) is 15.2. The smallest absolute Gasteiger partial charge is 0.161 e. The Balaban J connectivity index is 1.48. The minimum absolute atomic E-state index is 0.205. The first-order valence-corrected chi connectivity index (χ1v) is 9.03. The molecule has 2 heterocycles. The van der Waals surface area contributed by atoms with Crippen molar-refractivity contribution in [1.29, 1.82) is 0 Å². The van der Waals surface area contributed by atoms with E-state index >= 15 is 0 Å². The van der Waals surface area contributed by atoms with Gasteiger partial charge in [0, 0.05) is 26.2 Å². The fourth-order valence-electron chi connectivity index (χ4n) is 3.56. The number of aliphatic hydroxyl groups is 1. The number of benzene rings is 1. The van der Waals surface area contributed by atoms with Gasteiger partial charge in [-0.05, 0) is 42.5 Å². The highest BCUT2D eigenvalue weighted by Crippen LogP contribution is 2.33. The maximum absolute atomic E-state index is 10.3. The molecule has 0 saturated carbocycles. The minimum Gasteiger partial charge on any atom is -0.493 e.